The molecule has 3 heteroatoms. The van der Waals surface area contributed by atoms with Gasteiger partial charge >= 0.3 is 5.97 Å². The Hall–Kier alpha value is -0.313. The van der Waals surface area contributed by atoms with Gasteiger partial charge < -0.3 is 5.11 Å². The number of carbonyl (C=O) groups is 1. The fourth-order valence-corrected chi connectivity index (χ4v) is 0.262. The quantitative estimate of drug-likeness (QED) is 0.525. The van der Waals surface area contributed by atoms with E-state index in [1.807, 2.05) is 0 Å². The molecule has 1 N–H and O–H groups in total. The van der Waals surface area contributed by atoms with E-state index in [0.29, 0.717) is 6.04 Å². The van der Waals surface area contributed by atoms with Crippen molar-refractivity contribution in [3.05, 3.63) is 0 Å². The molecule has 3 radical (unpaired) electrons. The molecule has 0 amide bonds. The second-order valence-electron chi connectivity index (χ2n) is 1.44. The van der Waals surface area contributed by atoms with Crippen molar-refractivity contribution in [2.24, 2.45) is 5.92 Å². The minimum atomic E-state index is -0.755. The van der Waals surface area contributed by atoms with E-state index in [2.05, 4.69) is 10.2 Å². The molecule has 0 aliphatic heterocycles. The van der Waals surface area contributed by atoms with Crippen LogP contribution in [0.15, 0.2) is 0 Å². The molecule has 0 bridgehead atoms. The third-order valence-corrected chi connectivity index (χ3v) is 1.34. The Balaban J connectivity index is 3.34. The summed E-state index contributed by atoms with van der Waals surface area (Å²) in [4.78, 5) is 9.90. The first-order valence-electron chi connectivity index (χ1n) is 2.06. The van der Waals surface area contributed by atoms with Gasteiger partial charge in [-0.05, 0) is 0 Å². The highest BCUT2D eigenvalue weighted by atomic mass is 28.1. The molecular weight excluding hydrogens is 108 g/mol. The Bertz CT molecular complexity index is 72.1. The summed E-state index contributed by atoms with van der Waals surface area (Å²) < 4.78 is 0. The van der Waals surface area contributed by atoms with Crippen molar-refractivity contribution < 1.29 is 9.90 Å². The molecule has 0 fully saturated rings. The van der Waals surface area contributed by atoms with Gasteiger partial charge in [-0.1, -0.05) is 13.0 Å². The van der Waals surface area contributed by atoms with Crippen LogP contribution in [0.5, 0.6) is 0 Å². The molecule has 7 heavy (non-hydrogen) atoms. The minimum Gasteiger partial charge on any atom is -0.481 e. The zero-order chi connectivity index (χ0) is 5.86. The lowest BCUT2D eigenvalue weighted by Gasteiger charge is -1.96. The summed E-state index contributed by atoms with van der Waals surface area (Å²) in [7, 11) is 3.08. The van der Waals surface area contributed by atoms with Crippen molar-refractivity contribution in [3.8, 4) is 0 Å². The van der Waals surface area contributed by atoms with Crippen molar-refractivity contribution in [2.75, 3.05) is 0 Å². The fourth-order valence-electron chi connectivity index (χ4n) is 0.0873. The van der Waals surface area contributed by atoms with Gasteiger partial charge in [0.2, 0.25) is 0 Å². The van der Waals surface area contributed by atoms with Gasteiger partial charge in [0, 0.05) is 10.2 Å². The van der Waals surface area contributed by atoms with Crippen LogP contribution in [0.4, 0.5) is 0 Å². The first-order chi connectivity index (χ1) is 3.18. The lowest BCUT2D eigenvalue weighted by atomic mass is 10.2. The Kier molecular flexibility index (Phi) is 2.67. The molecular formula is C4H7O2Si. The second kappa shape index (κ2) is 2.79. The van der Waals surface area contributed by atoms with Crippen molar-refractivity contribution in [1.29, 1.82) is 0 Å². The van der Waals surface area contributed by atoms with Gasteiger partial charge in [0.25, 0.3) is 0 Å². The van der Waals surface area contributed by atoms with E-state index in [1.54, 1.807) is 6.92 Å². The summed E-state index contributed by atoms with van der Waals surface area (Å²) in [6.45, 7) is 1.65. The predicted octanol–water partition coefficient (Wildman–Crippen LogP) is 0.294. The molecule has 1 atom stereocenters. The van der Waals surface area contributed by atoms with Gasteiger partial charge in [-0.25, -0.2) is 0 Å². The van der Waals surface area contributed by atoms with Crippen molar-refractivity contribution >= 4 is 16.2 Å². The molecule has 0 saturated carbocycles. The normalized spacial score (nSPS) is 13.4. The molecule has 0 aromatic rings. The van der Waals surface area contributed by atoms with Crippen LogP contribution in [-0.2, 0) is 4.79 Å². The first-order valence-corrected chi connectivity index (χ1v) is 2.76. The molecule has 0 aliphatic carbocycles. The highest BCUT2D eigenvalue weighted by molar-refractivity contribution is 6.10. The molecule has 0 rings (SSSR count). The van der Waals surface area contributed by atoms with E-state index in [-0.39, 0.29) is 5.92 Å². The summed E-state index contributed by atoms with van der Waals surface area (Å²) in [5.74, 6) is -1.02. The fraction of sp³-hybridized carbons (Fsp3) is 0.750. The minimum absolute atomic E-state index is 0.267. The molecule has 39 valence electrons. The molecule has 0 aromatic carbocycles. The van der Waals surface area contributed by atoms with E-state index < -0.39 is 5.97 Å². The van der Waals surface area contributed by atoms with Crippen LogP contribution in [0.3, 0.4) is 0 Å². The Labute approximate surface area is 46.0 Å². The SMILES string of the molecule is CC(C[Si])C(=O)O. The summed E-state index contributed by atoms with van der Waals surface area (Å²) in [5, 5.41) is 8.15. The molecule has 0 aliphatic rings. The van der Waals surface area contributed by atoms with Crippen LogP contribution in [0.1, 0.15) is 6.92 Å². The Morgan fingerprint density at radius 1 is 2.00 bits per heavy atom. The van der Waals surface area contributed by atoms with E-state index >= 15 is 0 Å². The van der Waals surface area contributed by atoms with Crippen LogP contribution in [0.25, 0.3) is 0 Å². The van der Waals surface area contributed by atoms with Crippen LogP contribution >= 0.6 is 0 Å². The van der Waals surface area contributed by atoms with Crippen LogP contribution < -0.4 is 0 Å². The monoisotopic (exact) mass is 115 g/mol. The van der Waals surface area contributed by atoms with Gasteiger partial charge in [0.05, 0.1) is 5.92 Å². The third-order valence-electron chi connectivity index (χ3n) is 0.728. The van der Waals surface area contributed by atoms with Crippen molar-refractivity contribution in [1.82, 2.24) is 0 Å². The molecule has 1 unspecified atom stereocenters. The summed E-state index contributed by atoms with van der Waals surface area (Å²) in [6.07, 6.45) is 0. The van der Waals surface area contributed by atoms with Crippen molar-refractivity contribution in [2.45, 2.75) is 13.0 Å². The third kappa shape index (κ3) is 2.39. The van der Waals surface area contributed by atoms with E-state index in [1.165, 1.54) is 0 Å². The highest BCUT2D eigenvalue weighted by Crippen LogP contribution is 1.96. The molecule has 0 aromatic heterocycles. The van der Waals surface area contributed by atoms with Crippen molar-refractivity contribution in [3.63, 3.8) is 0 Å². The number of aliphatic carboxylic acids is 1. The standard InChI is InChI=1S/C4H7O2Si/c1-3(2-7)4(5)6/h3H,2H2,1H3,(H,5,6). The molecule has 0 spiro atoms. The number of carboxylic acid groups (broad SMARTS) is 1. The zero-order valence-electron chi connectivity index (χ0n) is 4.14. The zero-order valence-corrected chi connectivity index (χ0v) is 5.14. The maximum Gasteiger partial charge on any atom is 0.305 e. The average molecular weight is 115 g/mol. The van der Waals surface area contributed by atoms with Crippen LogP contribution in [0.2, 0.25) is 6.04 Å². The van der Waals surface area contributed by atoms with Gasteiger partial charge in [-0.15, -0.1) is 0 Å². The first kappa shape index (κ1) is 6.69. The van der Waals surface area contributed by atoms with Gasteiger partial charge in [-0.3, -0.25) is 4.79 Å². The maximum absolute atomic E-state index is 9.90. The molecule has 0 heterocycles. The Morgan fingerprint density at radius 3 is 2.43 bits per heavy atom. The van der Waals surface area contributed by atoms with Crippen LogP contribution in [0, 0.1) is 5.92 Å². The lowest BCUT2D eigenvalue weighted by Crippen LogP contribution is -2.07. The maximum atomic E-state index is 9.90. The summed E-state index contributed by atoms with van der Waals surface area (Å²) >= 11 is 0. The van der Waals surface area contributed by atoms with Gasteiger partial charge in [0.15, 0.2) is 0 Å². The topological polar surface area (TPSA) is 37.3 Å². The number of hydrogen-bond acceptors (Lipinski definition) is 1. The number of hydrogen-bond donors (Lipinski definition) is 1. The second-order valence-corrected chi connectivity index (χ2v) is 1.85. The Morgan fingerprint density at radius 2 is 2.43 bits per heavy atom. The summed E-state index contributed by atoms with van der Waals surface area (Å²) in [5.41, 5.74) is 0. The number of carboxylic acids is 1. The van der Waals surface area contributed by atoms with E-state index in [4.69, 9.17) is 5.11 Å². The van der Waals surface area contributed by atoms with Crippen LogP contribution in [-0.4, -0.2) is 21.3 Å². The van der Waals surface area contributed by atoms with E-state index in [9.17, 15) is 4.79 Å². The average Bonchev–Trinajstić information content (AvgIpc) is 1.65. The van der Waals surface area contributed by atoms with Gasteiger partial charge in [0.1, 0.15) is 0 Å². The number of rotatable bonds is 2. The molecule has 0 saturated heterocycles. The van der Waals surface area contributed by atoms with Gasteiger partial charge in [-0.2, -0.15) is 0 Å². The largest absolute Gasteiger partial charge is 0.481 e. The smallest absolute Gasteiger partial charge is 0.305 e. The predicted molar refractivity (Wildman–Crippen MR) is 27.4 cm³/mol. The highest BCUT2D eigenvalue weighted by Gasteiger charge is 2.05. The lowest BCUT2D eigenvalue weighted by molar-refractivity contribution is -0.140. The molecule has 2 nitrogen and oxygen atoms in total. The summed E-state index contributed by atoms with van der Waals surface area (Å²) in [6, 6.07) is 0.523. The van der Waals surface area contributed by atoms with E-state index in [0.717, 1.165) is 0 Å².